The number of carbonyl (C=O) groups is 1. The van der Waals surface area contributed by atoms with Crippen LogP contribution >= 0.6 is 0 Å². The molecule has 1 unspecified atom stereocenters. The Hall–Kier alpha value is -2.69. The van der Waals surface area contributed by atoms with Crippen LogP contribution in [-0.2, 0) is 4.79 Å². The summed E-state index contributed by atoms with van der Waals surface area (Å²) in [6, 6.07) is 14.2. The van der Waals surface area contributed by atoms with Crippen LogP contribution in [0.25, 0.3) is 0 Å². The van der Waals surface area contributed by atoms with Gasteiger partial charge in [0, 0.05) is 25.5 Å². The summed E-state index contributed by atoms with van der Waals surface area (Å²) in [7, 11) is 1.70. The average molecular weight is 412 g/mol. The lowest BCUT2D eigenvalue weighted by molar-refractivity contribution is -0.117. The maximum Gasteiger partial charge on any atom is 0.145 e. The summed E-state index contributed by atoms with van der Waals surface area (Å²) in [5, 5.41) is 0. The van der Waals surface area contributed by atoms with E-state index in [0.717, 1.165) is 48.9 Å². The van der Waals surface area contributed by atoms with Gasteiger partial charge in [0.1, 0.15) is 29.1 Å². The van der Waals surface area contributed by atoms with E-state index in [9.17, 15) is 4.79 Å². The zero-order chi connectivity index (χ0) is 21.5. The van der Waals surface area contributed by atoms with E-state index in [1.54, 1.807) is 14.0 Å². The summed E-state index contributed by atoms with van der Waals surface area (Å²) >= 11 is 0. The summed E-state index contributed by atoms with van der Waals surface area (Å²) in [6.45, 7) is 8.25. The maximum atomic E-state index is 11.3. The number of methoxy groups -OCH3 is 1. The number of hydrogen-bond donors (Lipinski definition) is 0. The van der Waals surface area contributed by atoms with Gasteiger partial charge in [0.25, 0.3) is 0 Å². The normalized spacial score (nSPS) is 16.9. The van der Waals surface area contributed by atoms with Gasteiger partial charge < -0.3 is 23.9 Å². The van der Waals surface area contributed by atoms with E-state index in [1.165, 1.54) is 5.56 Å². The Kier molecular flexibility index (Phi) is 7.61. The Balaban J connectivity index is 1.60. The van der Waals surface area contributed by atoms with Gasteiger partial charge in [-0.05, 0) is 49.1 Å². The molecule has 0 saturated carbocycles. The molecule has 0 spiro atoms. The zero-order valence-corrected chi connectivity index (χ0v) is 18.5. The number of carbonyl (C=O) groups excluding carboxylic acids is 1. The van der Waals surface area contributed by atoms with Crippen LogP contribution in [0.1, 0.15) is 51.5 Å². The lowest BCUT2D eigenvalue weighted by atomic mass is 9.96. The van der Waals surface area contributed by atoms with Gasteiger partial charge in [-0.2, -0.15) is 0 Å². The van der Waals surface area contributed by atoms with Crippen molar-refractivity contribution in [3.05, 3.63) is 48.0 Å². The van der Waals surface area contributed by atoms with Gasteiger partial charge in [-0.1, -0.05) is 26.0 Å². The summed E-state index contributed by atoms with van der Waals surface area (Å²) in [6.07, 6.45) is 2.64. The van der Waals surface area contributed by atoms with E-state index in [-0.39, 0.29) is 17.8 Å². The number of ether oxygens (including phenoxy) is 3. The summed E-state index contributed by atoms with van der Waals surface area (Å²) < 4.78 is 17.5. The molecule has 2 atom stereocenters. The van der Waals surface area contributed by atoms with Gasteiger partial charge in [-0.15, -0.1) is 0 Å². The van der Waals surface area contributed by atoms with Crippen molar-refractivity contribution in [1.82, 2.24) is 0 Å². The number of anilines is 1. The van der Waals surface area contributed by atoms with E-state index >= 15 is 0 Å². The molecular weight excluding hydrogens is 378 g/mol. The largest absolute Gasteiger partial charge is 0.494 e. The van der Waals surface area contributed by atoms with Gasteiger partial charge in [-0.3, -0.25) is 0 Å². The Bertz CT molecular complexity index is 834. The first-order valence-electron chi connectivity index (χ1n) is 10.8. The minimum atomic E-state index is 0.131. The molecule has 5 nitrogen and oxygen atoms in total. The van der Waals surface area contributed by atoms with E-state index in [4.69, 9.17) is 14.2 Å². The second-order valence-electron chi connectivity index (χ2n) is 8.03. The van der Waals surface area contributed by atoms with Gasteiger partial charge in [0.15, 0.2) is 0 Å². The minimum absolute atomic E-state index is 0.131. The van der Waals surface area contributed by atoms with Crippen LogP contribution in [0, 0.1) is 0 Å². The fourth-order valence-corrected chi connectivity index (χ4v) is 3.89. The fraction of sp³-hybridized carbons (Fsp3) is 0.480. The first-order chi connectivity index (χ1) is 14.5. The third kappa shape index (κ3) is 5.68. The van der Waals surface area contributed by atoms with E-state index < -0.39 is 0 Å². The molecule has 1 aliphatic rings. The molecule has 1 heterocycles. The number of hydrogen-bond acceptors (Lipinski definition) is 5. The molecule has 0 bridgehead atoms. The zero-order valence-electron chi connectivity index (χ0n) is 18.5. The van der Waals surface area contributed by atoms with E-state index in [2.05, 4.69) is 36.9 Å². The highest BCUT2D eigenvalue weighted by Gasteiger charge is 2.26. The second-order valence-corrected chi connectivity index (χ2v) is 8.03. The van der Waals surface area contributed by atoms with E-state index in [1.807, 2.05) is 24.3 Å². The standard InChI is InChI=1S/C25H33NO4/c1-5-14-29-22-10-11-24(25(16-22)28-4)26-13-12-23(17-26)30-21-8-6-20(7-9-21)18(2)15-19(3)27/h6-11,16,18,23H,5,12-15,17H2,1-4H3/t18-,23?/m1/s1. The highest BCUT2D eigenvalue weighted by molar-refractivity contribution is 5.76. The number of rotatable bonds is 10. The Labute approximate surface area is 179 Å². The van der Waals surface area contributed by atoms with Crippen molar-refractivity contribution in [2.24, 2.45) is 0 Å². The second kappa shape index (κ2) is 10.4. The van der Waals surface area contributed by atoms with Gasteiger partial charge in [-0.25, -0.2) is 0 Å². The molecule has 0 N–H and O–H groups in total. The predicted octanol–water partition coefficient (Wildman–Crippen LogP) is 5.22. The number of benzene rings is 2. The summed E-state index contributed by atoms with van der Waals surface area (Å²) in [5.74, 6) is 2.98. The van der Waals surface area contributed by atoms with Crippen molar-refractivity contribution < 1.29 is 19.0 Å². The van der Waals surface area contributed by atoms with Crippen LogP contribution in [-0.4, -0.2) is 38.7 Å². The Morgan fingerprint density at radius 1 is 1.17 bits per heavy atom. The first kappa shape index (κ1) is 22.0. The lowest BCUT2D eigenvalue weighted by Crippen LogP contribution is -2.24. The summed E-state index contributed by atoms with van der Waals surface area (Å²) in [4.78, 5) is 13.6. The Morgan fingerprint density at radius 2 is 1.90 bits per heavy atom. The Morgan fingerprint density at radius 3 is 2.57 bits per heavy atom. The molecule has 1 aliphatic heterocycles. The van der Waals surface area contributed by atoms with Crippen molar-refractivity contribution in [1.29, 1.82) is 0 Å². The fourth-order valence-electron chi connectivity index (χ4n) is 3.89. The van der Waals surface area contributed by atoms with Crippen molar-refractivity contribution in [2.45, 2.75) is 52.1 Å². The molecule has 0 aliphatic carbocycles. The SMILES string of the molecule is CCCOc1ccc(N2CCC(Oc3ccc([C@H](C)CC(C)=O)cc3)C2)c(OC)c1. The van der Waals surface area contributed by atoms with Crippen LogP contribution in [0.4, 0.5) is 5.69 Å². The van der Waals surface area contributed by atoms with E-state index in [0.29, 0.717) is 13.0 Å². The van der Waals surface area contributed by atoms with Crippen molar-refractivity contribution in [3.8, 4) is 17.2 Å². The van der Waals surface area contributed by atoms with Crippen molar-refractivity contribution in [3.63, 3.8) is 0 Å². The average Bonchev–Trinajstić information content (AvgIpc) is 3.20. The number of Topliss-reactive ketones (excluding diaryl/α,β-unsaturated/α-hetero) is 1. The van der Waals surface area contributed by atoms with Crippen LogP contribution < -0.4 is 19.1 Å². The molecule has 3 rings (SSSR count). The third-order valence-electron chi connectivity index (χ3n) is 5.46. The van der Waals surface area contributed by atoms with Crippen LogP contribution in [0.5, 0.6) is 17.2 Å². The van der Waals surface area contributed by atoms with Crippen LogP contribution in [0.15, 0.2) is 42.5 Å². The number of nitrogens with zero attached hydrogens (tertiary/aromatic N) is 1. The van der Waals surface area contributed by atoms with Crippen molar-refractivity contribution in [2.75, 3.05) is 31.7 Å². The number of ketones is 1. The molecule has 162 valence electrons. The molecule has 0 amide bonds. The molecule has 1 fully saturated rings. The van der Waals surface area contributed by atoms with Crippen LogP contribution in [0.2, 0.25) is 0 Å². The monoisotopic (exact) mass is 411 g/mol. The molecule has 0 radical (unpaired) electrons. The first-order valence-corrected chi connectivity index (χ1v) is 10.8. The molecule has 2 aromatic carbocycles. The predicted molar refractivity (Wildman–Crippen MR) is 120 cm³/mol. The van der Waals surface area contributed by atoms with Crippen LogP contribution in [0.3, 0.4) is 0 Å². The lowest BCUT2D eigenvalue weighted by Gasteiger charge is -2.22. The van der Waals surface area contributed by atoms with Crippen molar-refractivity contribution >= 4 is 11.5 Å². The van der Waals surface area contributed by atoms with Gasteiger partial charge in [0.2, 0.25) is 0 Å². The maximum absolute atomic E-state index is 11.3. The molecule has 5 heteroatoms. The molecule has 0 aromatic heterocycles. The highest BCUT2D eigenvalue weighted by Crippen LogP contribution is 2.35. The third-order valence-corrected chi connectivity index (χ3v) is 5.46. The van der Waals surface area contributed by atoms with Gasteiger partial charge >= 0.3 is 0 Å². The summed E-state index contributed by atoms with van der Waals surface area (Å²) in [5.41, 5.74) is 2.24. The highest BCUT2D eigenvalue weighted by atomic mass is 16.5. The minimum Gasteiger partial charge on any atom is -0.494 e. The smallest absolute Gasteiger partial charge is 0.145 e. The molecule has 2 aromatic rings. The molecule has 1 saturated heterocycles. The molecule has 30 heavy (non-hydrogen) atoms. The molecular formula is C25H33NO4. The van der Waals surface area contributed by atoms with Gasteiger partial charge in [0.05, 0.1) is 25.9 Å². The topological polar surface area (TPSA) is 48.0 Å². The quantitative estimate of drug-likeness (QED) is 0.536.